The lowest BCUT2D eigenvalue weighted by atomic mass is 10.1. The van der Waals surface area contributed by atoms with Crippen molar-refractivity contribution in [2.75, 3.05) is 16.8 Å². The second kappa shape index (κ2) is 7.02. The molecule has 0 aliphatic carbocycles. The molecule has 1 aliphatic heterocycles. The van der Waals surface area contributed by atoms with Crippen LogP contribution in [0.4, 0.5) is 11.4 Å². The third kappa shape index (κ3) is 3.12. The number of fused-ring (bicyclic) bond motifs is 3. The van der Waals surface area contributed by atoms with E-state index in [2.05, 4.69) is 5.32 Å². The highest BCUT2D eigenvalue weighted by Gasteiger charge is 2.35. The van der Waals surface area contributed by atoms with Crippen molar-refractivity contribution < 1.29 is 14.0 Å². The van der Waals surface area contributed by atoms with Gasteiger partial charge in [0.05, 0.1) is 5.92 Å². The van der Waals surface area contributed by atoms with Gasteiger partial charge < -0.3 is 14.6 Å². The van der Waals surface area contributed by atoms with Crippen LogP contribution in [0.1, 0.15) is 17.5 Å². The molecule has 0 spiro atoms. The van der Waals surface area contributed by atoms with E-state index in [1.807, 2.05) is 74.5 Å². The lowest BCUT2D eigenvalue weighted by molar-refractivity contribution is -0.122. The number of anilines is 2. The van der Waals surface area contributed by atoms with E-state index in [1.165, 1.54) is 0 Å². The van der Waals surface area contributed by atoms with Crippen molar-refractivity contribution in [3.8, 4) is 0 Å². The molecule has 0 saturated carbocycles. The van der Waals surface area contributed by atoms with E-state index in [4.69, 9.17) is 4.42 Å². The fourth-order valence-corrected chi connectivity index (χ4v) is 4.17. The molecule has 2 amide bonds. The standard InChI is InChI=1S/C25H22N2O3/c1-15-7-8-16(2)21(11-15)27-14-17(12-24(27)28)25(29)26-18-9-10-20-19-5-3-4-6-22(19)30-23(20)13-18/h3-11,13,17H,12,14H2,1-2H3,(H,26,29)/t17-/m0/s1. The molecular formula is C25H22N2O3. The molecule has 0 unspecified atom stereocenters. The van der Waals surface area contributed by atoms with Gasteiger partial charge in [0.25, 0.3) is 0 Å². The van der Waals surface area contributed by atoms with Gasteiger partial charge in [0, 0.05) is 41.2 Å². The molecule has 0 bridgehead atoms. The molecule has 1 N–H and O–H groups in total. The van der Waals surface area contributed by atoms with Crippen molar-refractivity contribution in [3.05, 3.63) is 71.8 Å². The fourth-order valence-electron chi connectivity index (χ4n) is 4.17. The monoisotopic (exact) mass is 398 g/mol. The van der Waals surface area contributed by atoms with Gasteiger partial charge >= 0.3 is 0 Å². The van der Waals surface area contributed by atoms with Crippen molar-refractivity contribution in [1.29, 1.82) is 0 Å². The Morgan fingerprint density at radius 3 is 2.67 bits per heavy atom. The van der Waals surface area contributed by atoms with Crippen molar-refractivity contribution in [1.82, 2.24) is 0 Å². The number of nitrogens with zero attached hydrogens (tertiary/aromatic N) is 1. The third-order valence-corrected chi connectivity index (χ3v) is 5.80. The van der Waals surface area contributed by atoms with Crippen LogP contribution in [0.25, 0.3) is 21.9 Å². The molecule has 5 rings (SSSR count). The summed E-state index contributed by atoms with van der Waals surface area (Å²) in [6.07, 6.45) is 0.214. The molecule has 5 heteroatoms. The number of aryl methyl sites for hydroxylation is 2. The summed E-state index contributed by atoms with van der Waals surface area (Å²) in [5.41, 5.74) is 5.24. The van der Waals surface area contributed by atoms with Gasteiger partial charge in [0.2, 0.25) is 11.8 Å². The van der Waals surface area contributed by atoms with Gasteiger partial charge in [0.15, 0.2) is 0 Å². The Kier molecular flexibility index (Phi) is 4.31. The van der Waals surface area contributed by atoms with Crippen molar-refractivity contribution in [2.24, 2.45) is 5.92 Å². The average molecular weight is 398 g/mol. The van der Waals surface area contributed by atoms with Gasteiger partial charge in [0.1, 0.15) is 11.2 Å². The Morgan fingerprint density at radius 1 is 1.00 bits per heavy atom. The van der Waals surface area contributed by atoms with Gasteiger partial charge in [-0.25, -0.2) is 0 Å². The minimum atomic E-state index is -0.385. The normalized spacial score (nSPS) is 16.5. The van der Waals surface area contributed by atoms with Gasteiger partial charge in [-0.2, -0.15) is 0 Å². The molecule has 1 atom stereocenters. The Hall–Kier alpha value is -3.60. The van der Waals surface area contributed by atoms with Crippen LogP contribution < -0.4 is 10.2 Å². The Morgan fingerprint density at radius 2 is 1.80 bits per heavy atom. The van der Waals surface area contributed by atoms with E-state index in [9.17, 15) is 9.59 Å². The van der Waals surface area contributed by atoms with Crippen LogP contribution in [-0.2, 0) is 9.59 Å². The number of benzene rings is 3. The van der Waals surface area contributed by atoms with Crippen molar-refractivity contribution in [2.45, 2.75) is 20.3 Å². The van der Waals surface area contributed by atoms with E-state index < -0.39 is 0 Å². The van der Waals surface area contributed by atoms with Crippen LogP contribution in [0, 0.1) is 19.8 Å². The minimum Gasteiger partial charge on any atom is -0.456 e. The first-order chi connectivity index (χ1) is 14.5. The Balaban J connectivity index is 1.36. The van der Waals surface area contributed by atoms with E-state index >= 15 is 0 Å². The lowest BCUT2D eigenvalue weighted by Crippen LogP contribution is -2.28. The molecular weight excluding hydrogens is 376 g/mol. The van der Waals surface area contributed by atoms with E-state index in [0.717, 1.165) is 38.8 Å². The summed E-state index contributed by atoms with van der Waals surface area (Å²) in [5.74, 6) is -0.549. The van der Waals surface area contributed by atoms with Crippen molar-refractivity contribution in [3.63, 3.8) is 0 Å². The summed E-state index contributed by atoms with van der Waals surface area (Å²) in [6, 6.07) is 19.6. The highest BCUT2D eigenvalue weighted by atomic mass is 16.3. The van der Waals surface area contributed by atoms with Gasteiger partial charge in [-0.3, -0.25) is 9.59 Å². The first-order valence-electron chi connectivity index (χ1n) is 10.1. The molecule has 30 heavy (non-hydrogen) atoms. The minimum absolute atomic E-state index is 0.0170. The first kappa shape index (κ1) is 18.4. The topological polar surface area (TPSA) is 62.6 Å². The Labute approximate surface area is 174 Å². The molecule has 1 fully saturated rings. The molecule has 3 aromatic carbocycles. The Bertz CT molecular complexity index is 1300. The summed E-state index contributed by atoms with van der Waals surface area (Å²) in [6.45, 7) is 4.38. The molecule has 5 nitrogen and oxygen atoms in total. The zero-order valence-corrected chi connectivity index (χ0v) is 16.9. The van der Waals surface area contributed by atoms with Crippen LogP contribution >= 0.6 is 0 Å². The zero-order chi connectivity index (χ0) is 20.8. The number of hydrogen-bond acceptors (Lipinski definition) is 3. The quantitative estimate of drug-likeness (QED) is 0.516. The number of hydrogen-bond donors (Lipinski definition) is 1. The summed E-state index contributed by atoms with van der Waals surface area (Å²) >= 11 is 0. The number of furan rings is 1. The maximum atomic E-state index is 12.9. The largest absolute Gasteiger partial charge is 0.456 e. The number of carbonyl (C=O) groups excluding carboxylic acids is 2. The predicted octanol–water partition coefficient (Wildman–Crippen LogP) is 5.19. The van der Waals surface area contributed by atoms with Gasteiger partial charge in [-0.05, 0) is 49.2 Å². The summed E-state index contributed by atoms with van der Waals surface area (Å²) in [5, 5.41) is 5.03. The predicted molar refractivity (Wildman–Crippen MR) is 119 cm³/mol. The number of para-hydroxylation sites is 1. The summed E-state index contributed by atoms with van der Waals surface area (Å²) < 4.78 is 5.90. The van der Waals surface area contributed by atoms with Crippen LogP contribution in [0.2, 0.25) is 0 Å². The summed E-state index contributed by atoms with van der Waals surface area (Å²) in [7, 11) is 0. The third-order valence-electron chi connectivity index (χ3n) is 5.80. The number of nitrogens with one attached hydrogen (secondary N) is 1. The molecule has 150 valence electrons. The summed E-state index contributed by atoms with van der Waals surface area (Å²) in [4.78, 5) is 27.2. The second-order valence-electron chi connectivity index (χ2n) is 7.99. The van der Waals surface area contributed by atoms with E-state index in [-0.39, 0.29) is 24.2 Å². The second-order valence-corrected chi connectivity index (χ2v) is 7.99. The van der Waals surface area contributed by atoms with Gasteiger partial charge in [-0.15, -0.1) is 0 Å². The number of amides is 2. The number of carbonyl (C=O) groups is 2. The lowest BCUT2D eigenvalue weighted by Gasteiger charge is -2.19. The maximum Gasteiger partial charge on any atom is 0.229 e. The first-order valence-corrected chi connectivity index (χ1v) is 10.1. The zero-order valence-electron chi connectivity index (χ0n) is 16.9. The highest BCUT2D eigenvalue weighted by molar-refractivity contribution is 6.07. The molecule has 1 aromatic heterocycles. The van der Waals surface area contributed by atoms with E-state index in [0.29, 0.717) is 12.2 Å². The number of rotatable bonds is 3. The highest BCUT2D eigenvalue weighted by Crippen LogP contribution is 2.32. The average Bonchev–Trinajstić information content (AvgIpc) is 3.30. The maximum absolute atomic E-state index is 12.9. The fraction of sp³-hybridized carbons (Fsp3) is 0.200. The smallest absolute Gasteiger partial charge is 0.229 e. The molecule has 1 saturated heterocycles. The van der Waals surface area contributed by atoms with Crippen LogP contribution in [0.3, 0.4) is 0 Å². The molecule has 0 radical (unpaired) electrons. The molecule has 1 aliphatic rings. The van der Waals surface area contributed by atoms with Gasteiger partial charge in [-0.1, -0.05) is 30.3 Å². The van der Waals surface area contributed by atoms with Crippen LogP contribution in [0.5, 0.6) is 0 Å². The van der Waals surface area contributed by atoms with E-state index in [1.54, 1.807) is 4.90 Å². The SMILES string of the molecule is Cc1ccc(C)c(N2C[C@@H](C(=O)Nc3ccc4c(c3)oc3ccccc34)CC2=O)c1. The molecule has 4 aromatic rings. The van der Waals surface area contributed by atoms with Crippen LogP contribution in [-0.4, -0.2) is 18.4 Å². The van der Waals surface area contributed by atoms with Crippen LogP contribution in [0.15, 0.2) is 65.1 Å². The molecule has 2 heterocycles. The van der Waals surface area contributed by atoms with Crippen molar-refractivity contribution >= 4 is 45.1 Å².